The van der Waals surface area contributed by atoms with Crippen LogP contribution in [0.2, 0.25) is 0 Å². The molecule has 0 aliphatic carbocycles. The summed E-state index contributed by atoms with van der Waals surface area (Å²) < 4.78 is 0. The summed E-state index contributed by atoms with van der Waals surface area (Å²) in [6.07, 6.45) is 1.41. The highest BCUT2D eigenvalue weighted by molar-refractivity contribution is 5.87. The van der Waals surface area contributed by atoms with Crippen molar-refractivity contribution in [1.82, 2.24) is 0 Å². The lowest BCUT2D eigenvalue weighted by molar-refractivity contribution is 0.322. The van der Waals surface area contributed by atoms with Crippen molar-refractivity contribution in [3.63, 3.8) is 0 Å². The van der Waals surface area contributed by atoms with Gasteiger partial charge in [-0.05, 0) is 12.5 Å². The van der Waals surface area contributed by atoms with Gasteiger partial charge in [-0.15, -0.1) is 0 Å². The van der Waals surface area contributed by atoms with Gasteiger partial charge in [0.1, 0.15) is 0 Å². The standard InChI is InChI=1S/C10H11NO/c1-8(2)10-6-4-3-5-9(10)7-11-12/h3-7,12H,1H2,2H3. The molecule has 0 spiro atoms. The van der Waals surface area contributed by atoms with E-state index in [1.165, 1.54) is 6.21 Å². The van der Waals surface area contributed by atoms with E-state index in [2.05, 4.69) is 11.7 Å². The average Bonchev–Trinajstić information content (AvgIpc) is 2.05. The molecule has 1 aromatic carbocycles. The third-order valence-corrected chi connectivity index (χ3v) is 1.62. The summed E-state index contributed by atoms with van der Waals surface area (Å²) in [7, 11) is 0. The van der Waals surface area contributed by atoms with Gasteiger partial charge in [0, 0.05) is 5.56 Å². The normalized spacial score (nSPS) is 10.4. The van der Waals surface area contributed by atoms with Gasteiger partial charge >= 0.3 is 0 Å². The van der Waals surface area contributed by atoms with Gasteiger partial charge in [0.25, 0.3) is 0 Å². The van der Waals surface area contributed by atoms with Crippen molar-refractivity contribution >= 4 is 11.8 Å². The second-order valence-electron chi connectivity index (χ2n) is 2.61. The Hall–Kier alpha value is -1.57. The van der Waals surface area contributed by atoms with E-state index in [0.29, 0.717) is 0 Å². The lowest BCUT2D eigenvalue weighted by Crippen LogP contribution is -1.88. The van der Waals surface area contributed by atoms with Crippen molar-refractivity contribution in [2.75, 3.05) is 0 Å². The smallest absolute Gasteiger partial charge is 0.0739 e. The molecule has 2 heteroatoms. The van der Waals surface area contributed by atoms with Gasteiger partial charge in [0.2, 0.25) is 0 Å². The summed E-state index contributed by atoms with van der Waals surface area (Å²) in [4.78, 5) is 0. The maximum Gasteiger partial charge on any atom is 0.0739 e. The third-order valence-electron chi connectivity index (χ3n) is 1.62. The topological polar surface area (TPSA) is 32.6 Å². The third kappa shape index (κ3) is 1.72. The molecule has 1 N–H and O–H groups in total. The van der Waals surface area contributed by atoms with E-state index in [-0.39, 0.29) is 0 Å². The summed E-state index contributed by atoms with van der Waals surface area (Å²) in [6, 6.07) is 7.64. The van der Waals surface area contributed by atoms with E-state index in [1.54, 1.807) is 0 Å². The van der Waals surface area contributed by atoms with Crippen LogP contribution in [0.1, 0.15) is 18.1 Å². The molecule has 1 rings (SSSR count). The molecule has 2 nitrogen and oxygen atoms in total. The van der Waals surface area contributed by atoms with Gasteiger partial charge in [-0.3, -0.25) is 0 Å². The van der Waals surface area contributed by atoms with Crippen molar-refractivity contribution in [2.24, 2.45) is 5.16 Å². The van der Waals surface area contributed by atoms with Crippen LogP contribution in [0.25, 0.3) is 5.57 Å². The fourth-order valence-corrected chi connectivity index (χ4v) is 1.06. The Morgan fingerprint density at radius 1 is 1.50 bits per heavy atom. The number of oxime groups is 1. The first-order valence-electron chi connectivity index (χ1n) is 3.68. The Morgan fingerprint density at radius 2 is 2.17 bits per heavy atom. The van der Waals surface area contributed by atoms with Gasteiger partial charge in [-0.2, -0.15) is 0 Å². The average molecular weight is 161 g/mol. The maximum atomic E-state index is 8.37. The predicted octanol–water partition coefficient (Wildman–Crippen LogP) is 2.53. The molecule has 0 aromatic heterocycles. The lowest BCUT2D eigenvalue weighted by atomic mass is 10.0. The molecule has 0 amide bonds. The first-order valence-corrected chi connectivity index (χ1v) is 3.68. The van der Waals surface area contributed by atoms with Crippen LogP contribution >= 0.6 is 0 Å². The van der Waals surface area contributed by atoms with Crippen molar-refractivity contribution in [1.29, 1.82) is 0 Å². The molecule has 0 aliphatic rings. The summed E-state index contributed by atoms with van der Waals surface area (Å²) in [6.45, 7) is 5.75. The highest BCUT2D eigenvalue weighted by Gasteiger charge is 1.98. The van der Waals surface area contributed by atoms with Crippen molar-refractivity contribution in [3.8, 4) is 0 Å². The van der Waals surface area contributed by atoms with Gasteiger partial charge in [0.15, 0.2) is 0 Å². The van der Waals surface area contributed by atoms with E-state index in [4.69, 9.17) is 5.21 Å². The number of benzene rings is 1. The maximum absolute atomic E-state index is 8.37. The Morgan fingerprint density at radius 3 is 2.75 bits per heavy atom. The highest BCUT2D eigenvalue weighted by Crippen LogP contribution is 2.14. The molecule has 0 radical (unpaired) electrons. The van der Waals surface area contributed by atoms with Crippen LogP contribution in [0.15, 0.2) is 36.0 Å². The van der Waals surface area contributed by atoms with Crippen LogP contribution in [0.4, 0.5) is 0 Å². The Balaban J connectivity index is 3.17. The minimum atomic E-state index is 0.882. The Bertz CT molecular complexity index is 315. The zero-order chi connectivity index (χ0) is 8.97. The molecule has 0 saturated heterocycles. The van der Waals surface area contributed by atoms with E-state index in [1.807, 2.05) is 31.2 Å². The van der Waals surface area contributed by atoms with Gasteiger partial charge in [0.05, 0.1) is 6.21 Å². The molecule has 12 heavy (non-hydrogen) atoms. The SMILES string of the molecule is C=C(C)c1ccccc1C=NO. The number of nitrogens with zero attached hydrogens (tertiary/aromatic N) is 1. The van der Waals surface area contributed by atoms with Gasteiger partial charge in [-0.25, -0.2) is 0 Å². The van der Waals surface area contributed by atoms with Crippen LogP contribution in [-0.2, 0) is 0 Å². The predicted molar refractivity (Wildman–Crippen MR) is 50.5 cm³/mol. The number of rotatable bonds is 2. The number of hydrogen-bond acceptors (Lipinski definition) is 2. The largest absolute Gasteiger partial charge is 0.411 e. The molecule has 1 aromatic rings. The second-order valence-corrected chi connectivity index (χ2v) is 2.61. The highest BCUT2D eigenvalue weighted by atomic mass is 16.4. The zero-order valence-corrected chi connectivity index (χ0v) is 6.99. The van der Waals surface area contributed by atoms with Crippen LogP contribution in [-0.4, -0.2) is 11.4 Å². The fraction of sp³-hybridized carbons (Fsp3) is 0.100. The summed E-state index contributed by atoms with van der Waals surface area (Å²) >= 11 is 0. The molecular weight excluding hydrogens is 150 g/mol. The van der Waals surface area contributed by atoms with E-state index in [0.717, 1.165) is 16.7 Å². The molecule has 0 saturated carbocycles. The molecule has 62 valence electrons. The molecule has 0 heterocycles. The second kappa shape index (κ2) is 3.72. The van der Waals surface area contributed by atoms with E-state index in [9.17, 15) is 0 Å². The zero-order valence-electron chi connectivity index (χ0n) is 6.99. The first-order chi connectivity index (χ1) is 5.75. The molecule has 0 aliphatic heterocycles. The van der Waals surface area contributed by atoms with Crippen molar-refractivity contribution in [2.45, 2.75) is 6.92 Å². The Kier molecular flexibility index (Phi) is 2.64. The van der Waals surface area contributed by atoms with Gasteiger partial charge in [-0.1, -0.05) is 41.6 Å². The molecule has 0 unspecified atom stereocenters. The number of hydrogen-bond donors (Lipinski definition) is 1. The summed E-state index contributed by atoms with van der Waals surface area (Å²) in [5.41, 5.74) is 2.85. The quantitative estimate of drug-likeness (QED) is 0.403. The molecule has 0 atom stereocenters. The number of allylic oxidation sites excluding steroid dienone is 1. The van der Waals surface area contributed by atoms with Crippen molar-refractivity contribution in [3.05, 3.63) is 42.0 Å². The summed E-state index contributed by atoms with van der Waals surface area (Å²) in [5, 5.41) is 11.3. The molecular formula is C10H11NO. The van der Waals surface area contributed by atoms with E-state index >= 15 is 0 Å². The lowest BCUT2D eigenvalue weighted by Gasteiger charge is -2.02. The van der Waals surface area contributed by atoms with Crippen molar-refractivity contribution < 1.29 is 5.21 Å². The summed E-state index contributed by atoms with van der Waals surface area (Å²) in [5.74, 6) is 0. The van der Waals surface area contributed by atoms with Crippen LogP contribution in [0, 0.1) is 0 Å². The Labute approximate surface area is 71.8 Å². The van der Waals surface area contributed by atoms with Gasteiger partial charge < -0.3 is 5.21 Å². The van der Waals surface area contributed by atoms with E-state index < -0.39 is 0 Å². The minimum Gasteiger partial charge on any atom is -0.411 e. The van der Waals surface area contributed by atoms with Crippen LogP contribution in [0.3, 0.4) is 0 Å². The minimum absolute atomic E-state index is 0.882. The molecule has 0 fully saturated rings. The van der Waals surface area contributed by atoms with Crippen LogP contribution in [0.5, 0.6) is 0 Å². The monoisotopic (exact) mass is 161 g/mol. The fourth-order valence-electron chi connectivity index (χ4n) is 1.06. The van der Waals surface area contributed by atoms with Crippen LogP contribution < -0.4 is 0 Å². The first kappa shape index (κ1) is 8.53. The molecule has 0 bridgehead atoms.